The van der Waals surface area contributed by atoms with E-state index in [2.05, 4.69) is 0 Å². The van der Waals surface area contributed by atoms with Crippen molar-refractivity contribution in [3.63, 3.8) is 0 Å². The van der Waals surface area contributed by atoms with Gasteiger partial charge in [-0.2, -0.15) is 0 Å². The van der Waals surface area contributed by atoms with Gasteiger partial charge >= 0.3 is 5.97 Å². The summed E-state index contributed by atoms with van der Waals surface area (Å²) in [7, 11) is 0. The zero-order valence-corrected chi connectivity index (χ0v) is 27.0. The minimum atomic E-state index is -0.399. The Morgan fingerprint density at radius 1 is 0.644 bits per heavy atom. The number of rotatable bonds is 18. The average molecular weight is 623 g/mol. The van der Waals surface area contributed by atoms with Crippen LogP contribution in [0, 0.1) is 25.7 Å². The van der Waals surface area contributed by atoms with Crippen LogP contribution in [0.2, 0.25) is 0 Å². The SMILES string of the molecule is Cc1c(OCCCCCCOCC2CCC3OC3C2)ccc(OC(=O)c2ccc(OCCOCC3CCC4OC4C3)cc2)c1C. The molecule has 4 aliphatic rings. The van der Waals surface area contributed by atoms with Crippen molar-refractivity contribution in [1.82, 2.24) is 0 Å². The Kier molecular flexibility index (Phi) is 11.3. The molecule has 6 unspecified atom stereocenters. The molecule has 8 heteroatoms. The van der Waals surface area contributed by atoms with Crippen molar-refractivity contribution in [1.29, 1.82) is 0 Å². The lowest BCUT2D eigenvalue weighted by molar-refractivity contribution is 0.0656. The van der Waals surface area contributed by atoms with E-state index >= 15 is 0 Å². The van der Waals surface area contributed by atoms with Gasteiger partial charge in [0.1, 0.15) is 23.9 Å². The lowest BCUT2D eigenvalue weighted by Crippen LogP contribution is -2.20. The maximum atomic E-state index is 12.8. The van der Waals surface area contributed by atoms with Crippen LogP contribution in [0.1, 0.15) is 85.7 Å². The van der Waals surface area contributed by atoms with Crippen LogP contribution in [0.5, 0.6) is 17.2 Å². The van der Waals surface area contributed by atoms with Gasteiger partial charge in [0.25, 0.3) is 0 Å². The Bertz CT molecular complexity index is 1250. The molecule has 0 radical (unpaired) electrons. The van der Waals surface area contributed by atoms with E-state index < -0.39 is 5.97 Å². The molecule has 2 aliphatic carbocycles. The van der Waals surface area contributed by atoms with Crippen LogP contribution in [0.15, 0.2) is 36.4 Å². The van der Waals surface area contributed by atoms with Crippen molar-refractivity contribution in [3.05, 3.63) is 53.1 Å². The van der Waals surface area contributed by atoms with Crippen LogP contribution < -0.4 is 14.2 Å². The van der Waals surface area contributed by atoms with E-state index in [9.17, 15) is 4.79 Å². The van der Waals surface area contributed by atoms with Crippen molar-refractivity contribution < 1.29 is 38.0 Å². The second kappa shape index (κ2) is 15.8. The molecule has 0 amide bonds. The molecule has 6 atom stereocenters. The van der Waals surface area contributed by atoms with Gasteiger partial charge in [-0.3, -0.25) is 0 Å². The van der Waals surface area contributed by atoms with E-state index in [1.165, 1.54) is 32.1 Å². The molecule has 45 heavy (non-hydrogen) atoms. The van der Waals surface area contributed by atoms with Crippen LogP contribution in [0.3, 0.4) is 0 Å². The summed E-state index contributed by atoms with van der Waals surface area (Å²) in [6.07, 6.45) is 13.6. The minimum absolute atomic E-state index is 0.399. The summed E-state index contributed by atoms with van der Waals surface area (Å²) < 4.78 is 40.5. The highest BCUT2D eigenvalue weighted by atomic mass is 16.6. The van der Waals surface area contributed by atoms with Gasteiger partial charge in [0.2, 0.25) is 0 Å². The molecule has 2 heterocycles. The summed E-state index contributed by atoms with van der Waals surface area (Å²) in [5, 5.41) is 0. The first kappa shape index (κ1) is 32.3. The predicted molar refractivity (Wildman–Crippen MR) is 170 cm³/mol. The molecule has 2 aromatic rings. The van der Waals surface area contributed by atoms with Crippen LogP contribution in [0.25, 0.3) is 0 Å². The third-order valence-electron chi connectivity index (χ3n) is 9.85. The molecular formula is C37H50O8. The molecule has 0 bridgehead atoms. The zero-order valence-electron chi connectivity index (χ0n) is 27.0. The normalized spacial score (nSPS) is 26.4. The highest BCUT2D eigenvalue weighted by Gasteiger charge is 2.44. The molecule has 4 fully saturated rings. The van der Waals surface area contributed by atoms with Crippen LogP contribution in [-0.4, -0.2) is 70.0 Å². The molecule has 8 nitrogen and oxygen atoms in total. The van der Waals surface area contributed by atoms with Crippen molar-refractivity contribution in [2.45, 2.75) is 102 Å². The molecule has 0 aromatic heterocycles. The standard InChI is InChI=1S/C37H50O8/c1-25-26(2)32(16-15-31(25)42-18-6-4-3-5-17-39-23-27-7-13-33-35(21-27)43-33)45-37(38)29-9-11-30(12-10-29)41-20-19-40-24-28-8-14-34-36(22-28)44-34/h9-12,15-16,27-28,33-36H,3-8,13-14,17-24H2,1-2H3. The third kappa shape index (κ3) is 9.44. The molecule has 0 N–H and O–H groups in total. The number of carbonyl (C=O) groups excluding carboxylic acids is 1. The lowest BCUT2D eigenvalue weighted by Gasteiger charge is -2.18. The number of epoxide rings is 2. The maximum absolute atomic E-state index is 12.8. The Hall–Kier alpha value is -2.65. The van der Waals surface area contributed by atoms with Gasteiger partial charge in [-0.25, -0.2) is 4.79 Å². The van der Waals surface area contributed by atoms with E-state index in [-0.39, 0.29) is 0 Å². The summed E-state index contributed by atoms with van der Waals surface area (Å²) in [6.45, 7) is 8.13. The van der Waals surface area contributed by atoms with Crippen molar-refractivity contribution in [2.75, 3.05) is 39.6 Å². The first-order chi connectivity index (χ1) is 22.0. The fraction of sp³-hybridized carbons (Fsp3) is 0.649. The summed E-state index contributed by atoms with van der Waals surface area (Å²) in [5.74, 6) is 2.96. The number of esters is 1. The van der Waals surface area contributed by atoms with Gasteiger partial charge in [-0.05, 0) is 131 Å². The molecule has 0 spiro atoms. The van der Waals surface area contributed by atoms with Crippen LogP contribution >= 0.6 is 0 Å². The summed E-state index contributed by atoms with van der Waals surface area (Å²) in [5.41, 5.74) is 2.36. The third-order valence-corrected chi connectivity index (χ3v) is 9.85. The lowest BCUT2D eigenvalue weighted by atomic mass is 9.90. The van der Waals surface area contributed by atoms with E-state index in [1.807, 2.05) is 26.0 Å². The van der Waals surface area contributed by atoms with E-state index in [0.29, 0.717) is 73.1 Å². The van der Waals surface area contributed by atoms with E-state index in [4.69, 9.17) is 33.2 Å². The second-order valence-electron chi connectivity index (χ2n) is 13.3. The van der Waals surface area contributed by atoms with Gasteiger partial charge in [-0.15, -0.1) is 0 Å². The van der Waals surface area contributed by atoms with Gasteiger partial charge in [0.15, 0.2) is 0 Å². The maximum Gasteiger partial charge on any atom is 0.343 e. The number of carbonyl (C=O) groups is 1. The Balaban J connectivity index is 0.827. The van der Waals surface area contributed by atoms with Gasteiger partial charge in [0, 0.05) is 19.8 Å². The number of ether oxygens (including phenoxy) is 7. The van der Waals surface area contributed by atoms with Crippen molar-refractivity contribution >= 4 is 5.97 Å². The summed E-state index contributed by atoms with van der Waals surface area (Å²) in [4.78, 5) is 12.8. The van der Waals surface area contributed by atoms with Gasteiger partial charge in [-0.1, -0.05) is 6.42 Å². The topological polar surface area (TPSA) is 88.3 Å². The monoisotopic (exact) mass is 622 g/mol. The summed E-state index contributed by atoms with van der Waals surface area (Å²) in [6, 6.07) is 10.7. The molecule has 246 valence electrons. The molecule has 6 rings (SSSR count). The Labute approximate surface area is 268 Å². The second-order valence-corrected chi connectivity index (χ2v) is 13.3. The number of benzene rings is 2. The fourth-order valence-corrected chi connectivity index (χ4v) is 6.72. The van der Waals surface area contributed by atoms with Crippen LogP contribution in [-0.2, 0) is 18.9 Å². The molecule has 2 aromatic carbocycles. The first-order valence-corrected chi connectivity index (χ1v) is 17.2. The summed E-state index contributed by atoms with van der Waals surface area (Å²) >= 11 is 0. The minimum Gasteiger partial charge on any atom is -0.493 e. The van der Waals surface area contributed by atoms with Gasteiger partial charge < -0.3 is 33.2 Å². The predicted octanol–water partition coefficient (Wildman–Crippen LogP) is 7.01. The number of fused-ring (bicyclic) bond motifs is 2. The number of unbranched alkanes of at least 4 members (excludes halogenated alkanes) is 3. The van der Waals surface area contributed by atoms with E-state index in [1.54, 1.807) is 24.3 Å². The molecular weight excluding hydrogens is 572 g/mol. The van der Waals surface area contributed by atoms with Crippen LogP contribution in [0.4, 0.5) is 0 Å². The molecule has 2 saturated carbocycles. The van der Waals surface area contributed by atoms with Crippen molar-refractivity contribution in [2.24, 2.45) is 11.8 Å². The van der Waals surface area contributed by atoms with Crippen molar-refractivity contribution in [3.8, 4) is 17.2 Å². The quantitative estimate of drug-likeness (QED) is 0.0760. The van der Waals surface area contributed by atoms with Gasteiger partial charge in [0.05, 0.1) is 43.2 Å². The Morgan fingerprint density at radius 2 is 1.24 bits per heavy atom. The molecule has 2 saturated heterocycles. The Morgan fingerprint density at radius 3 is 1.91 bits per heavy atom. The smallest absolute Gasteiger partial charge is 0.343 e. The highest BCUT2D eigenvalue weighted by molar-refractivity contribution is 5.91. The average Bonchev–Trinajstić information content (AvgIpc) is 3.98. The zero-order chi connectivity index (χ0) is 31.0. The fourth-order valence-electron chi connectivity index (χ4n) is 6.72. The first-order valence-electron chi connectivity index (χ1n) is 17.2. The highest BCUT2D eigenvalue weighted by Crippen LogP contribution is 2.40. The largest absolute Gasteiger partial charge is 0.493 e. The molecule has 2 aliphatic heterocycles. The van der Waals surface area contributed by atoms with E-state index in [0.717, 1.165) is 68.8 Å². The number of hydrogen-bond donors (Lipinski definition) is 0. The number of hydrogen-bond acceptors (Lipinski definition) is 8.